The molecule has 3 aromatic rings. The molecular formula is C20H19N5O. The van der Waals surface area contributed by atoms with Crippen molar-refractivity contribution < 1.29 is 4.79 Å². The fourth-order valence-electron chi connectivity index (χ4n) is 3.13. The Kier molecular flexibility index (Phi) is 4.13. The Balaban J connectivity index is 1.70. The number of anilines is 1. The number of carbonyl (C=O) groups excluding carboxylic acids is 1. The molecule has 6 heteroatoms. The lowest BCUT2D eigenvalue weighted by atomic mass is 10.1. The van der Waals surface area contributed by atoms with Gasteiger partial charge in [0.15, 0.2) is 0 Å². The summed E-state index contributed by atoms with van der Waals surface area (Å²) in [6.07, 6.45) is 2.60. The predicted molar refractivity (Wildman–Crippen MR) is 98.9 cm³/mol. The summed E-state index contributed by atoms with van der Waals surface area (Å²) in [7, 11) is 0. The summed E-state index contributed by atoms with van der Waals surface area (Å²) in [5.74, 6) is 0.898. The molecule has 1 aliphatic carbocycles. The van der Waals surface area contributed by atoms with Gasteiger partial charge in [-0.25, -0.2) is 4.68 Å². The molecule has 2 aromatic heterocycles. The molecule has 4 rings (SSSR count). The number of hydrogen-bond donors (Lipinski definition) is 1. The number of para-hydroxylation sites is 1. The molecule has 0 atom stereocenters. The van der Waals surface area contributed by atoms with Gasteiger partial charge in [-0.15, -0.1) is 0 Å². The van der Waals surface area contributed by atoms with Crippen LogP contribution < -0.4 is 5.32 Å². The molecule has 0 unspecified atom stereocenters. The standard InChI is InChI=1S/C20H19N5O/c1-13-11-19(25(24-13)10-4-9-21)23-20(26)16-12-18(14-7-8-14)22-17-6-3-2-5-15(16)17/h2-3,5-6,11-12,14H,4,7-8,10H2,1H3,(H,23,26). The van der Waals surface area contributed by atoms with Crippen molar-refractivity contribution in [3.8, 4) is 6.07 Å². The van der Waals surface area contributed by atoms with Crippen molar-refractivity contribution in [2.75, 3.05) is 5.32 Å². The zero-order valence-electron chi connectivity index (χ0n) is 14.6. The SMILES string of the molecule is Cc1cc(NC(=O)c2cc(C3CC3)nc3ccccc23)n(CCC#N)n1. The molecule has 0 spiro atoms. The molecule has 0 bridgehead atoms. The normalized spacial score (nSPS) is 13.5. The summed E-state index contributed by atoms with van der Waals surface area (Å²) in [6, 6.07) is 13.6. The minimum atomic E-state index is -0.177. The van der Waals surface area contributed by atoms with Crippen LogP contribution >= 0.6 is 0 Å². The molecule has 26 heavy (non-hydrogen) atoms. The molecule has 1 fully saturated rings. The summed E-state index contributed by atoms with van der Waals surface area (Å²) in [5, 5.41) is 17.0. The van der Waals surface area contributed by atoms with Gasteiger partial charge in [0.05, 0.1) is 35.8 Å². The number of fused-ring (bicyclic) bond motifs is 1. The lowest BCUT2D eigenvalue weighted by molar-refractivity contribution is 0.102. The van der Waals surface area contributed by atoms with Gasteiger partial charge in [0.25, 0.3) is 5.91 Å². The van der Waals surface area contributed by atoms with Gasteiger partial charge in [0, 0.05) is 23.1 Å². The van der Waals surface area contributed by atoms with E-state index in [1.807, 2.05) is 43.3 Å². The highest BCUT2D eigenvalue weighted by molar-refractivity contribution is 6.12. The summed E-state index contributed by atoms with van der Waals surface area (Å²) < 4.78 is 1.67. The van der Waals surface area contributed by atoms with Crippen LogP contribution in [-0.2, 0) is 6.54 Å². The number of amides is 1. The molecule has 0 radical (unpaired) electrons. The Morgan fingerprint density at radius 2 is 2.15 bits per heavy atom. The quantitative estimate of drug-likeness (QED) is 0.762. The lowest BCUT2D eigenvalue weighted by Crippen LogP contribution is -2.17. The second-order valence-electron chi connectivity index (χ2n) is 6.64. The van der Waals surface area contributed by atoms with Gasteiger partial charge in [-0.1, -0.05) is 18.2 Å². The molecule has 6 nitrogen and oxygen atoms in total. The van der Waals surface area contributed by atoms with E-state index in [-0.39, 0.29) is 5.91 Å². The maximum atomic E-state index is 13.0. The van der Waals surface area contributed by atoms with E-state index in [0.29, 0.717) is 30.3 Å². The van der Waals surface area contributed by atoms with Crippen molar-refractivity contribution in [3.05, 3.63) is 53.3 Å². The number of nitriles is 1. The van der Waals surface area contributed by atoms with E-state index >= 15 is 0 Å². The summed E-state index contributed by atoms with van der Waals surface area (Å²) in [6.45, 7) is 2.32. The molecule has 1 aromatic carbocycles. The van der Waals surface area contributed by atoms with Crippen molar-refractivity contribution in [2.45, 2.75) is 38.6 Å². The van der Waals surface area contributed by atoms with Gasteiger partial charge >= 0.3 is 0 Å². The van der Waals surface area contributed by atoms with Gasteiger partial charge in [-0.05, 0) is 31.9 Å². The van der Waals surface area contributed by atoms with E-state index in [2.05, 4.69) is 16.5 Å². The summed E-state index contributed by atoms with van der Waals surface area (Å²) in [5.41, 5.74) is 3.26. The first-order valence-electron chi connectivity index (χ1n) is 8.78. The third kappa shape index (κ3) is 3.16. The third-order valence-electron chi connectivity index (χ3n) is 4.56. The second kappa shape index (κ2) is 6.60. The highest BCUT2D eigenvalue weighted by Gasteiger charge is 2.27. The number of nitrogens with one attached hydrogen (secondary N) is 1. The van der Waals surface area contributed by atoms with Gasteiger partial charge in [-0.3, -0.25) is 9.78 Å². The molecule has 1 aliphatic rings. The van der Waals surface area contributed by atoms with Crippen molar-refractivity contribution in [3.63, 3.8) is 0 Å². The largest absolute Gasteiger partial charge is 0.307 e. The fraction of sp³-hybridized carbons (Fsp3) is 0.300. The number of aromatic nitrogens is 3. The Morgan fingerprint density at radius 1 is 1.35 bits per heavy atom. The third-order valence-corrected chi connectivity index (χ3v) is 4.56. The van der Waals surface area contributed by atoms with Crippen LogP contribution in [0.3, 0.4) is 0 Å². The van der Waals surface area contributed by atoms with Crippen molar-refractivity contribution >= 4 is 22.6 Å². The van der Waals surface area contributed by atoms with Crippen molar-refractivity contribution in [1.82, 2.24) is 14.8 Å². The fourth-order valence-corrected chi connectivity index (χ4v) is 3.13. The molecular weight excluding hydrogens is 326 g/mol. The van der Waals surface area contributed by atoms with Crippen LogP contribution in [0.1, 0.15) is 46.9 Å². The van der Waals surface area contributed by atoms with E-state index in [0.717, 1.165) is 35.1 Å². The smallest absolute Gasteiger partial charge is 0.257 e. The highest BCUT2D eigenvalue weighted by Crippen LogP contribution is 2.40. The number of rotatable bonds is 5. The zero-order chi connectivity index (χ0) is 18.1. The first-order chi connectivity index (χ1) is 12.7. The van der Waals surface area contributed by atoms with Crippen LogP contribution in [0.15, 0.2) is 36.4 Å². The van der Waals surface area contributed by atoms with E-state index < -0.39 is 0 Å². The average Bonchev–Trinajstić information content (AvgIpc) is 3.43. The number of benzene rings is 1. The first kappa shape index (κ1) is 16.3. The molecule has 2 heterocycles. The van der Waals surface area contributed by atoms with Crippen LogP contribution in [0.5, 0.6) is 0 Å². The van der Waals surface area contributed by atoms with Crippen LogP contribution in [-0.4, -0.2) is 20.7 Å². The van der Waals surface area contributed by atoms with Crippen LogP contribution in [0.4, 0.5) is 5.82 Å². The number of hydrogen-bond acceptors (Lipinski definition) is 4. The monoisotopic (exact) mass is 345 g/mol. The number of nitrogens with zero attached hydrogens (tertiary/aromatic N) is 4. The highest BCUT2D eigenvalue weighted by atomic mass is 16.1. The van der Waals surface area contributed by atoms with Gasteiger partial charge < -0.3 is 5.32 Å². The number of carbonyl (C=O) groups is 1. The summed E-state index contributed by atoms with van der Waals surface area (Å²) in [4.78, 5) is 17.7. The van der Waals surface area contributed by atoms with Gasteiger partial charge in [-0.2, -0.15) is 10.4 Å². The van der Waals surface area contributed by atoms with Crippen molar-refractivity contribution in [1.29, 1.82) is 5.26 Å². The number of pyridine rings is 1. The van der Waals surface area contributed by atoms with Gasteiger partial charge in [0.1, 0.15) is 5.82 Å². The molecule has 0 saturated heterocycles. The Labute approximate surface area is 151 Å². The Hall–Kier alpha value is -3.20. The molecule has 130 valence electrons. The maximum Gasteiger partial charge on any atom is 0.257 e. The lowest BCUT2D eigenvalue weighted by Gasteiger charge is -2.11. The van der Waals surface area contributed by atoms with Crippen molar-refractivity contribution in [2.24, 2.45) is 0 Å². The molecule has 1 N–H and O–H groups in total. The zero-order valence-corrected chi connectivity index (χ0v) is 14.6. The minimum Gasteiger partial charge on any atom is -0.307 e. The predicted octanol–water partition coefficient (Wildman–Crippen LogP) is 3.78. The average molecular weight is 345 g/mol. The second-order valence-corrected chi connectivity index (χ2v) is 6.64. The topological polar surface area (TPSA) is 83.6 Å². The van der Waals surface area contributed by atoms with E-state index in [9.17, 15) is 4.79 Å². The summed E-state index contributed by atoms with van der Waals surface area (Å²) >= 11 is 0. The van der Waals surface area contributed by atoms with E-state index in [1.54, 1.807) is 4.68 Å². The number of aryl methyl sites for hydroxylation is 2. The van der Waals surface area contributed by atoms with E-state index in [1.165, 1.54) is 0 Å². The Bertz CT molecular complexity index is 1030. The maximum absolute atomic E-state index is 13.0. The Morgan fingerprint density at radius 3 is 2.92 bits per heavy atom. The van der Waals surface area contributed by atoms with E-state index in [4.69, 9.17) is 10.2 Å². The first-order valence-corrected chi connectivity index (χ1v) is 8.78. The minimum absolute atomic E-state index is 0.177. The van der Waals surface area contributed by atoms with Gasteiger partial charge in [0.2, 0.25) is 0 Å². The molecule has 0 aliphatic heterocycles. The molecule has 1 saturated carbocycles. The van der Waals surface area contributed by atoms with Crippen LogP contribution in [0.25, 0.3) is 10.9 Å². The molecule has 1 amide bonds. The van der Waals surface area contributed by atoms with Crippen LogP contribution in [0.2, 0.25) is 0 Å². The van der Waals surface area contributed by atoms with Crippen LogP contribution in [0, 0.1) is 18.3 Å².